The van der Waals surface area contributed by atoms with Crippen molar-refractivity contribution in [3.63, 3.8) is 0 Å². The Balaban J connectivity index is 2.18. The van der Waals surface area contributed by atoms with Gasteiger partial charge < -0.3 is 15.3 Å². The molecule has 0 aliphatic carbocycles. The first kappa shape index (κ1) is 27.0. The molecule has 8 nitrogen and oxygen atoms in total. The topological polar surface area (TPSA) is 121 Å². The number of aryl methyl sites for hydroxylation is 5. The Kier molecular flexibility index (Phi) is 8.90. The lowest BCUT2D eigenvalue weighted by Gasteiger charge is -2.19. The van der Waals surface area contributed by atoms with Gasteiger partial charge in [0.1, 0.15) is 0 Å². The van der Waals surface area contributed by atoms with Crippen LogP contribution < -0.4 is 0 Å². The maximum Gasteiger partial charge on any atom is 0.303 e. The second kappa shape index (κ2) is 11.9. The van der Waals surface area contributed by atoms with Crippen LogP contribution in [-0.2, 0) is 11.8 Å². The summed E-state index contributed by atoms with van der Waals surface area (Å²) in [5.74, 6) is -0.453. The SMILES string of the molecule is Cc1ccc(C(=C(C=CC(O)CC(O)CCC(=O)O)c2nnnn2C)c2ccc(C)cc2C)c(C)c1. The van der Waals surface area contributed by atoms with E-state index in [4.69, 9.17) is 5.11 Å². The van der Waals surface area contributed by atoms with Gasteiger partial charge in [-0.25, -0.2) is 4.68 Å². The average Bonchev–Trinajstić information content (AvgIpc) is 3.22. The molecule has 0 saturated heterocycles. The molecule has 3 N–H and O–H groups in total. The molecule has 3 rings (SSSR count). The van der Waals surface area contributed by atoms with Crippen molar-refractivity contribution in [2.24, 2.45) is 7.05 Å². The smallest absolute Gasteiger partial charge is 0.303 e. The van der Waals surface area contributed by atoms with Crippen molar-refractivity contribution >= 4 is 17.1 Å². The minimum atomic E-state index is -0.982. The van der Waals surface area contributed by atoms with Gasteiger partial charge in [-0.15, -0.1) is 5.10 Å². The van der Waals surface area contributed by atoms with E-state index in [2.05, 4.69) is 79.6 Å². The van der Waals surface area contributed by atoms with Gasteiger partial charge >= 0.3 is 5.97 Å². The van der Waals surface area contributed by atoms with Gasteiger partial charge in [0.25, 0.3) is 0 Å². The molecule has 0 spiro atoms. The van der Waals surface area contributed by atoms with Crippen LogP contribution in [-0.4, -0.2) is 53.7 Å². The molecule has 0 aliphatic heterocycles. The molecular formula is C28H34N4O4. The van der Waals surface area contributed by atoms with Crippen LogP contribution >= 0.6 is 0 Å². The van der Waals surface area contributed by atoms with Gasteiger partial charge in [-0.1, -0.05) is 59.7 Å². The van der Waals surface area contributed by atoms with E-state index in [-0.39, 0.29) is 19.3 Å². The number of allylic oxidation sites excluding steroid dienone is 2. The predicted molar refractivity (Wildman–Crippen MR) is 139 cm³/mol. The molecule has 1 aromatic heterocycles. The lowest BCUT2D eigenvalue weighted by Crippen LogP contribution is -2.17. The van der Waals surface area contributed by atoms with E-state index < -0.39 is 18.2 Å². The van der Waals surface area contributed by atoms with E-state index in [1.807, 2.05) is 0 Å². The second-order valence-corrected chi connectivity index (χ2v) is 9.30. The fourth-order valence-corrected chi connectivity index (χ4v) is 4.32. The summed E-state index contributed by atoms with van der Waals surface area (Å²) in [6.07, 6.45) is 1.42. The van der Waals surface area contributed by atoms with E-state index in [0.717, 1.165) is 44.5 Å². The minimum absolute atomic E-state index is 0.0244. The number of carboxylic acids is 1. The third-order valence-corrected chi connectivity index (χ3v) is 6.12. The van der Waals surface area contributed by atoms with E-state index >= 15 is 0 Å². The first-order valence-electron chi connectivity index (χ1n) is 11.9. The average molecular weight is 491 g/mol. The largest absolute Gasteiger partial charge is 0.481 e. The Labute approximate surface area is 211 Å². The van der Waals surface area contributed by atoms with Crippen LogP contribution in [0, 0.1) is 27.7 Å². The molecular weight excluding hydrogens is 456 g/mol. The van der Waals surface area contributed by atoms with Crippen molar-refractivity contribution in [2.75, 3.05) is 0 Å². The van der Waals surface area contributed by atoms with E-state index in [1.165, 1.54) is 0 Å². The molecule has 2 atom stereocenters. The van der Waals surface area contributed by atoms with Crippen LogP contribution in [0.2, 0.25) is 0 Å². The Morgan fingerprint density at radius 3 is 2.06 bits per heavy atom. The molecule has 0 aliphatic rings. The molecule has 0 radical (unpaired) electrons. The monoisotopic (exact) mass is 490 g/mol. The molecule has 2 aromatic carbocycles. The second-order valence-electron chi connectivity index (χ2n) is 9.30. The number of carbonyl (C=O) groups is 1. The van der Waals surface area contributed by atoms with Crippen LogP contribution in [0.1, 0.15) is 58.5 Å². The number of aliphatic hydroxyl groups is 2. The molecule has 0 bridgehead atoms. The van der Waals surface area contributed by atoms with E-state index in [1.54, 1.807) is 23.9 Å². The highest BCUT2D eigenvalue weighted by Crippen LogP contribution is 2.36. The number of nitrogens with zero attached hydrogens (tertiary/aromatic N) is 4. The van der Waals surface area contributed by atoms with Gasteiger partial charge in [0.15, 0.2) is 5.82 Å². The number of tetrazole rings is 1. The third kappa shape index (κ3) is 6.74. The van der Waals surface area contributed by atoms with Crippen molar-refractivity contribution in [1.82, 2.24) is 20.2 Å². The highest BCUT2D eigenvalue weighted by molar-refractivity contribution is 6.02. The van der Waals surface area contributed by atoms with Gasteiger partial charge in [0.05, 0.1) is 12.2 Å². The Bertz CT molecular complexity index is 1240. The summed E-state index contributed by atoms with van der Waals surface area (Å²) in [5, 5.41) is 41.8. The number of rotatable bonds is 10. The highest BCUT2D eigenvalue weighted by atomic mass is 16.4. The number of aliphatic hydroxyl groups excluding tert-OH is 2. The lowest BCUT2D eigenvalue weighted by atomic mass is 9.86. The molecule has 2 unspecified atom stereocenters. The summed E-state index contributed by atoms with van der Waals surface area (Å²) in [6, 6.07) is 12.6. The van der Waals surface area contributed by atoms with Crippen molar-refractivity contribution < 1.29 is 20.1 Å². The summed E-state index contributed by atoms with van der Waals surface area (Å²) in [5.41, 5.74) is 8.18. The van der Waals surface area contributed by atoms with E-state index in [9.17, 15) is 15.0 Å². The first-order chi connectivity index (χ1) is 17.1. The molecule has 3 aromatic rings. The van der Waals surface area contributed by atoms with Crippen molar-refractivity contribution in [3.05, 3.63) is 87.8 Å². The number of carboxylic acid groups (broad SMARTS) is 1. The van der Waals surface area contributed by atoms with Crippen molar-refractivity contribution in [1.29, 1.82) is 0 Å². The molecule has 0 fully saturated rings. The normalized spacial score (nSPS) is 13.1. The number of hydrogen-bond acceptors (Lipinski definition) is 6. The third-order valence-electron chi connectivity index (χ3n) is 6.12. The number of hydrogen-bond donors (Lipinski definition) is 3. The maximum atomic E-state index is 10.8. The predicted octanol–water partition coefficient (Wildman–Crippen LogP) is 3.94. The van der Waals surface area contributed by atoms with Crippen LogP contribution in [0.25, 0.3) is 11.1 Å². The van der Waals surface area contributed by atoms with Crippen LogP contribution in [0.5, 0.6) is 0 Å². The standard InChI is InChI=1S/C28H34N4O4/c1-17-6-10-23(19(3)14-17)27(24-11-7-18(2)15-20(24)4)25(28-29-30-31-32(28)5)12-8-21(33)16-22(34)9-13-26(35)36/h6-8,10-12,14-15,21-22,33-34H,9,13,16H2,1-5H3,(H,35,36). The van der Waals surface area contributed by atoms with E-state index in [0.29, 0.717) is 5.82 Å². The molecule has 1 heterocycles. The summed E-state index contributed by atoms with van der Waals surface area (Å²) in [6.45, 7) is 8.24. The quantitative estimate of drug-likeness (QED) is 0.368. The zero-order chi connectivity index (χ0) is 26.4. The van der Waals surface area contributed by atoms with Gasteiger partial charge in [0.2, 0.25) is 0 Å². The van der Waals surface area contributed by atoms with Gasteiger partial charge in [-0.05, 0) is 66.8 Å². The first-order valence-corrected chi connectivity index (χ1v) is 11.9. The summed E-state index contributed by atoms with van der Waals surface area (Å²) in [7, 11) is 1.76. The van der Waals surface area contributed by atoms with Gasteiger partial charge in [-0.2, -0.15) is 0 Å². The summed E-state index contributed by atoms with van der Waals surface area (Å²) >= 11 is 0. The molecule has 36 heavy (non-hydrogen) atoms. The highest BCUT2D eigenvalue weighted by Gasteiger charge is 2.20. The Morgan fingerprint density at radius 2 is 1.58 bits per heavy atom. The number of benzene rings is 2. The summed E-state index contributed by atoms with van der Waals surface area (Å²) < 4.78 is 1.58. The number of aromatic nitrogens is 4. The van der Waals surface area contributed by atoms with Gasteiger partial charge in [-0.3, -0.25) is 4.79 Å². The minimum Gasteiger partial charge on any atom is -0.481 e. The fraction of sp³-hybridized carbons (Fsp3) is 0.357. The van der Waals surface area contributed by atoms with Crippen LogP contribution in [0.3, 0.4) is 0 Å². The zero-order valence-electron chi connectivity index (χ0n) is 21.4. The Hall–Kier alpha value is -3.62. The lowest BCUT2D eigenvalue weighted by molar-refractivity contribution is -0.137. The summed E-state index contributed by atoms with van der Waals surface area (Å²) in [4.78, 5) is 10.8. The molecule has 0 amide bonds. The molecule has 8 heteroatoms. The van der Waals surface area contributed by atoms with Crippen molar-refractivity contribution in [2.45, 2.75) is 59.2 Å². The maximum absolute atomic E-state index is 10.8. The molecule has 0 saturated carbocycles. The Morgan fingerprint density at radius 1 is 1.00 bits per heavy atom. The van der Waals surface area contributed by atoms with Crippen LogP contribution in [0.4, 0.5) is 0 Å². The van der Waals surface area contributed by atoms with Crippen LogP contribution in [0.15, 0.2) is 48.6 Å². The fourth-order valence-electron chi connectivity index (χ4n) is 4.32. The zero-order valence-corrected chi connectivity index (χ0v) is 21.4. The molecule has 190 valence electrons. The van der Waals surface area contributed by atoms with Gasteiger partial charge in [0, 0.05) is 31.0 Å². The van der Waals surface area contributed by atoms with Crippen molar-refractivity contribution in [3.8, 4) is 0 Å². The number of aliphatic carboxylic acids is 1.